The first-order chi connectivity index (χ1) is 9.00. The van der Waals surface area contributed by atoms with Crippen LogP contribution in [0.5, 0.6) is 0 Å². The maximum Gasteiger partial charge on any atom is 0.0320 e. The molecule has 1 aromatic carbocycles. The molecule has 1 nitrogen and oxygen atoms in total. The van der Waals surface area contributed by atoms with Crippen molar-refractivity contribution in [3.63, 3.8) is 0 Å². The summed E-state index contributed by atoms with van der Waals surface area (Å²) in [5, 5.41) is 3.88. The Morgan fingerprint density at radius 1 is 1.16 bits per heavy atom. The number of hydrogen-bond donors (Lipinski definition) is 1. The van der Waals surface area contributed by atoms with Crippen molar-refractivity contribution < 1.29 is 0 Å². The molecule has 106 valence electrons. The van der Waals surface area contributed by atoms with Crippen molar-refractivity contribution in [3.05, 3.63) is 35.4 Å². The van der Waals surface area contributed by atoms with E-state index in [4.69, 9.17) is 0 Å². The molecule has 0 spiro atoms. The van der Waals surface area contributed by atoms with Crippen molar-refractivity contribution in [2.24, 2.45) is 5.41 Å². The molecule has 0 aliphatic heterocycles. The summed E-state index contributed by atoms with van der Waals surface area (Å²) >= 11 is 0. The number of hydrogen-bond acceptors (Lipinski definition) is 1. The highest BCUT2D eigenvalue weighted by molar-refractivity contribution is 5.24. The smallest absolute Gasteiger partial charge is 0.0320 e. The molecule has 1 unspecified atom stereocenters. The van der Waals surface area contributed by atoms with Crippen LogP contribution in [0, 0.1) is 12.3 Å². The van der Waals surface area contributed by atoms with E-state index in [0.717, 1.165) is 0 Å². The van der Waals surface area contributed by atoms with E-state index >= 15 is 0 Å². The van der Waals surface area contributed by atoms with E-state index in [9.17, 15) is 0 Å². The van der Waals surface area contributed by atoms with Gasteiger partial charge in [0.2, 0.25) is 0 Å². The third kappa shape index (κ3) is 4.07. The van der Waals surface area contributed by atoms with Gasteiger partial charge in [-0.1, -0.05) is 50.6 Å². The van der Waals surface area contributed by atoms with Gasteiger partial charge in [-0.05, 0) is 50.0 Å². The fourth-order valence-electron chi connectivity index (χ4n) is 3.10. The highest BCUT2D eigenvalue weighted by Crippen LogP contribution is 2.36. The Morgan fingerprint density at radius 3 is 2.26 bits per heavy atom. The van der Waals surface area contributed by atoms with Crippen LogP contribution < -0.4 is 5.32 Å². The summed E-state index contributed by atoms with van der Waals surface area (Å²) < 4.78 is 0. The van der Waals surface area contributed by atoms with Gasteiger partial charge in [-0.3, -0.25) is 0 Å². The topological polar surface area (TPSA) is 12.0 Å². The number of aryl methyl sites for hydroxylation is 1. The Kier molecular flexibility index (Phi) is 4.67. The van der Waals surface area contributed by atoms with Crippen LogP contribution in [-0.4, -0.2) is 6.04 Å². The molecule has 0 bridgehead atoms. The van der Waals surface area contributed by atoms with Gasteiger partial charge < -0.3 is 5.32 Å². The third-order valence-corrected chi connectivity index (χ3v) is 4.66. The number of nitrogens with one attached hydrogen (secondary N) is 1. The molecule has 0 saturated heterocycles. The van der Waals surface area contributed by atoms with E-state index in [1.807, 2.05) is 0 Å². The Morgan fingerprint density at radius 2 is 1.74 bits per heavy atom. The summed E-state index contributed by atoms with van der Waals surface area (Å²) in [7, 11) is 0. The van der Waals surface area contributed by atoms with Gasteiger partial charge >= 0.3 is 0 Å². The molecular formula is C18H29N. The van der Waals surface area contributed by atoms with Crippen LogP contribution in [0.15, 0.2) is 24.3 Å². The first-order valence-corrected chi connectivity index (χ1v) is 7.83. The van der Waals surface area contributed by atoms with Gasteiger partial charge in [0, 0.05) is 12.1 Å². The molecule has 0 amide bonds. The molecule has 1 atom stereocenters. The lowest BCUT2D eigenvalue weighted by molar-refractivity contribution is 0.197. The van der Waals surface area contributed by atoms with Crippen LogP contribution >= 0.6 is 0 Å². The van der Waals surface area contributed by atoms with Crippen LogP contribution in [0.1, 0.15) is 70.0 Å². The highest BCUT2D eigenvalue weighted by atomic mass is 15.0. The second-order valence-electron chi connectivity index (χ2n) is 6.98. The molecule has 2 rings (SSSR count). The largest absolute Gasteiger partial charge is 0.307 e. The van der Waals surface area contributed by atoms with Gasteiger partial charge in [-0.2, -0.15) is 0 Å². The molecule has 1 aliphatic rings. The van der Waals surface area contributed by atoms with Crippen LogP contribution in [0.25, 0.3) is 0 Å². The van der Waals surface area contributed by atoms with Crippen molar-refractivity contribution in [3.8, 4) is 0 Å². The summed E-state index contributed by atoms with van der Waals surface area (Å²) in [5.41, 5.74) is 3.35. The quantitative estimate of drug-likeness (QED) is 0.802. The second kappa shape index (κ2) is 6.09. The summed E-state index contributed by atoms with van der Waals surface area (Å²) in [5.74, 6) is 0. The Bertz CT molecular complexity index is 381. The molecular weight excluding hydrogens is 230 g/mol. The Balaban J connectivity index is 1.94. The maximum absolute atomic E-state index is 3.88. The standard InChI is InChI=1S/C18H29N/c1-5-17(15-8-6-14(2)7-9-15)19-16-10-12-18(3,4)13-11-16/h6-9,16-17,19H,5,10-13H2,1-4H3. The van der Waals surface area contributed by atoms with Crippen molar-refractivity contribution in [1.82, 2.24) is 5.32 Å². The zero-order chi connectivity index (χ0) is 13.9. The SMILES string of the molecule is CCC(NC1CCC(C)(C)CC1)c1ccc(C)cc1. The minimum absolute atomic E-state index is 0.520. The van der Waals surface area contributed by atoms with E-state index in [-0.39, 0.29) is 0 Å². The zero-order valence-electron chi connectivity index (χ0n) is 13.0. The minimum atomic E-state index is 0.520. The molecule has 0 heterocycles. The second-order valence-corrected chi connectivity index (χ2v) is 6.98. The summed E-state index contributed by atoms with van der Waals surface area (Å²) in [6.45, 7) is 9.24. The van der Waals surface area contributed by atoms with E-state index in [1.54, 1.807) is 0 Å². The van der Waals surface area contributed by atoms with Gasteiger partial charge in [-0.15, -0.1) is 0 Å². The number of benzene rings is 1. The van der Waals surface area contributed by atoms with E-state index in [1.165, 1.54) is 43.2 Å². The van der Waals surface area contributed by atoms with Gasteiger partial charge in [0.25, 0.3) is 0 Å². The van der Waals surface area contributed by atoms with E-state index < -0.39 is 0 Å². The third-order valence-electron chi connectivity index (χ3n) is 4.66. The summed E-state index contributed by atoms with van der Waals surface area (Å²) in [6.07, 6.45) is 6.54. The summed E-state index contributed by atoms with van der Waals surface area (Å²) in [6, 6.07) is 10.2. The normalized spacial score (nSPS) is 21.3. The zero-order valence-corrected chi connectivity index (χ0v) is 13.0. The lowest BCUT2D eigenvalue weighted by Gasteiger charge is -2.36. The van der Waals surface area contributed by atoms with Gasteiger partial charge in [0.15, 0.2) is 0 Å². The van der Waals surface area contributed by atoms with Crippen LogP contribution in [0.3, 0.4) is 0 Å². The lowest BCUT2D eigenvalue weighted by Crippen LogP contribution is -2.37. The Labute approximate surface area is 118 Å². The Hall–Kier alpha value is -0.820. The molecule has 1 aromatic rings. The van der Waals surface area contributed by atoms with Crippen LogP contribution in [0.4, 0.5) is 0 Å². The van der Waals surface area contributed by atoms with Gasteiger partial charge in [0.05, 0.1) is 0 Å². The van der Waals surface area contributed by atoms with Crippen LogP contribution in [0.2, 0.25) is 0 Å². The van der Waals surface area contributed by atoms with E-state index in [0.29, 0.717) is 17.5 Å². The predicted octanol–water partition coefficient (Wildman–Crippen LogP) is 5.00. The molecule has 1 N–H and O–H groups in total. The van der Waals surface area contributed by atoms with Crippen molar-refractivity contribution in [2.45, 2.75) is 71.9 Å². The molecule has 19 heavy (non-hydrogen) atoms. The monoisotopic (exact) mass is 259 g/mol. The average Bonchev–Trinajstić information content (AvgIpc) is 2.39. The number of rotatable bonds is 4. The van der Waals surface area contributed by atoms with E-state index in [2.05, 4.69) is 57.3 Å². The van der Waals surface area contributed by atoms with Gasteiger partial charge in [0.1, 0.15) is 0 Å². The first kappa shape index (κ1) is 14.6. The molecule has 0 radical (unpaired) electrons. The average molecular weight is 259 g/mol. The van der Waals surface area contributed by atoms with Crippen molar-refractivity contribution in [2.75, 3.05) is 0 Å². The lowest BCUT2D eigenvalue weighted by atomic mass is 9.75. The molecule has 1 saturated carbocycles. The molecule has 1 heteroatoms. The first-order valence-electron chi connectivity index (χ1n) is 7.83. The fourth-order valence-corrected chi connectivity index (χ4v) is 3.10. The molecule has 1 aliphatic carbocycles. The van der Waals surface area contributed by atoms with Crippen LogP contribution in [-0.2, 0) is 0 Å². The fraction of sp³-hybridized carbons (Fsp3) is 0.667. The van der Waals surface area contributed by atoms with Crippen molar-refractivity contribution >= 4 is 0 Å². The van der Waals surface area contributed by atoms with Gasteiger partial charge in [-0.25, -0.2) is 0 Å². The minimum Gasteiger partial charge on any atom is -0.307 e. The van der Waals surface area contributed by atoms with Crippen molar-refractivity contribution in [1.29, 1.82) is 0 Å². The maximum atomic E-state index is 3.88. The predicted molar refractivity (Wildman–Crippen MR) is 83.4 cm³/mol. The highest BCUT2D eigenvalue weighted by Gasteiger charge is 2.27. The summed E-state index contributed by atoms with van der Waals surface area (Å²) in [4.78, 5) is 0. The molecule has 0 aromatic heterocycles. The molecule has 1 fully saturated rings.